The normalized spacial score (nSPS) is 25.8. The standard InChI is InChI=1S/C22H20O13/c1-4-8-5(2-6(24)9(4)22(33)34)13(25)10-11(15(8)27)16(28)12(18(30)17(10)29)21-20(32)19(31)14(26)7(3-23)35-21/h2,7,14,19-21,23-24,26,28-32H,3H2,1H3,(H,33,34)/p-1/t7-,14-,19+,20+,21+/m1/s1. The van der Waals surface area contributed by atoms with Crippen LogP contribution >= 0.6 is 0 Å². The van der Waals surface area contributed by atoms with Crippen LogP contribution in [0.25, 0.3) is 0 Å². The minimum atomic E-state index is -2.07. The fraction of sp³-hybridized carbons (Fsp3) is 0.318. The summed E-state index contributed by atoms with van der Waals surface area (Å²) in [5.74, 6) is -8.72. The van der Waals surface area contributed by atoms with Crippen molar-refractivity contribution in [3.05, 3.63) is 45.0 Å². The molecule has 0 saturated carbocycles. The second-order valence-corrected chi connectivity index (χ2v) is 8.22. The number of hydrogen-bond acceptors (Lipinski definition) is 12. The number of ketones is 2. The van der Waals surface area contributed by atoms with E-state index in [2.05, 4.69) is 0 Å². The zero-order valence-corrected chi connectivity index (χ0v) is 17.8. The van der Waals surface area contributed by atoms with Crippen LogP contribution in [0.1, 0.15) is 59.4 Å². The van der Waals surface area contributed by atoms with Gasteiger partial charge in [0, 0.05) is 22.3 Å². The molecule has 13 heteroatoms. The molecule has 0 aromatic heterocycles. The van der Waals surface area contributed by atoms with E-state index in [4.69, 9.17) is 4.74 Å². The number of fused-ring (bicyclic) bond motifs is 2. The van der Waals surface area contributed by atoms with E-state index in [0.29, 0.717) is 6.07 Å². The fourth-order valence-corrected chi connectivity index (χ4v) is 4.56. The lowest BCUT2D eigenvalue weighted by Crippen LogP contribution is -2.55. The average molecular weight is 491 g/mol. The number of aromatic hydroxyl groups is 3. The van der Waals surface area contributed by atoms with Gasteiger partial charge >= 0.3 is 5.97 Å². The Bertz CT molecular complexity index is 1300. The van der Waals surface area contributed by atoms with Gasteiger partial charge in [-0.3, -0.25) is 9.59 Å². The van der Waals surface area contributed by atoms with Gasteiger partial charge < -0.3 is 50.7 Å². The molecule has 186 valence electrons. The van der Waals surface area contributed by atoms with Gasteiger partial charge in [0.1, 0.15) is 41.8 Å². The maximum absolute atomic E-state index is 13.4. The Labute approximate surface area is 195 Å². The van der Waals surface area contributed by atoms with Gasteiger partial charge in [-0.05, 0) is 18.6 Å². The largest absolute Gasteiger partial charge is 0.872 e. The quantitative estimate of drug-likeness (QED) is 0.188. The number of carbonyl (C=O) groups is 3. The predicted molar refractivity (Wildman–Crippen MR) is 109 cm³/mol. The van der Waals surface area contributed by atoms with Crippen molar-refractivity contribution in [1.82, 2.24) is 0 Å². The van der Waals surface area contributed by atoms with E-state index in [-0.39, 0.29) is 5.56 Å². The Hall–Kier alpha value is -3.75. The third-order valence-electron chi connectivity index (χ3n) is 6.31. The molecule has 1 aliphatic carbocycles. The highest BCUT2D eigenvalue weighted by molar-refractivity contribution is 6.31. The molecule has 1 aliphatic heterocycles. The summed E-state index contributed by atoms with van der Waals surface area (Å²) in [6.07, 6.45) is -9.30. The van der Waals surface area contributed by atoms with Crippen LogP contribution in [0.3, 0.4) is 0 Å². The number of hydrogen-bond donors (Lipinski definition) is 8. The Morgan fingerprint density at radius 2 is 1.60 bits per heavy atom. The molecule has 1 fully saturated rings. The average Bonchev–Trinajstić information content (AvgIpc) is 2.79. The highest BCUT2D eigenvalue weighted by Gasteiger charge is 2.47. The van der Waals surface area contributed by atoms with Gasteiger partial charge in [-0.25, -0.2) is 4.79 Å². The smallest absolute Gasteiger partial charge is 0.339 e. The first-order valence-corrected chi connectivity index (χ1v) is 10.1. The highest BCUT2D eigenvalue weighted by atomic mass is 16.5. The van der Waals surface area contributed by atoms with Crippen LogP contribution in [0.15, 0.2) is 6.07 Å². The molecule has 35 heavy (non-hydrogen) atoms. The number of aliphatic hydroxyl groups excluding tert-OH is 4. The van der Waals surface area contributed by atoms with E-state index in [1.807, 2.05) is 0 Å². The lowest BCUT2D eigenvalue weighted by molar-refractivity contribution is -0.277. The van der Waals surface area contributed by atoms with Gasteiger partial charge in [0.2, 0.25) is 0 Å². The maximum Gasteiger partial charge on any atom is 0.339 e. The Morgan fingerprint density at radius 1 is 0.971 bits per heavy atom. The zero-order chi connectivity index (χ0) is 26.1. The van der Waals surface area contributed by atoms with Crippen LogP contribution < -0.4 is 5.11 Å². The van der Waals surface area contributed by atoms with Crippen molar-refractivity contribution in [3.63, 3.8) is 0 Å². The van der Waals surface area contributed by atoms with E-state index in [0.717, 1.165) is 6.92 Å². The van der Waals surface area contributed by atoms with E-state index in [9.17, 15) is 60.3 Å². The van der Waals surface area contributed by atoms with Gasteiger partial charge in [0.15, 0.2) is 23.1 Å². The molecule has 0 bridgehead atoms. The molecule has 5 atom stereocenters. The second kappa shape index (κ2) is 8.18. The molecular formula is C22H19O13-. The molecule has 0 unspecified atom stereocenters. The third-order valence-corrected chi connectivity index (χ3v) is 6.31. The number of benzene rings is 2. The summed E-state index contributed by atoms with van der Waals surface area (Å²) in [6.45, 7) is 0.250. The van der Waals surface area contributed by atoms with Crippen LogP contribution in [0.4, 0.5) is 0 Å². The number of phenols is 3. The van der Waals surface area contributed by atoms with E-state index < -0.39 is 111 Å². The van der Waals surface area contributed by atoms with Gasteiger partial charge in [0.25, 0.3) is 0 Å². The topological polar surface area (TPSA) is 245 Å². The number of carbonyl (C=O) groups excluding carboxylic acids is 2. The summed E-state index contributed by atoms with van der Waals surface area (Å²) in [7, 11) is 0. The summed E-state index contributed by atoms with van der Waals surface area (Å²) < 4.78 is 5.26. The molecule has 0 spiro atoms. The summed E-state index contributed by atoms with van der Waals surface area (Å²) in [5.41, 5.74) is -4.89. The number of ether oxygens (including phenoxy) is 1. The van der Waals surface area contributed by atoms with Crippen molar-refractivity contribution >= 4 is 17.5 Å². The molecule has 2 aromatic carbocycles. The van der Waals surface area contributed by atoms with Gasteiger partial charge in [0.05, 0.1) is 12.2 Å². The molecule has 1 heterocycles. The van der Waals surface area contributed by atoms with Crippen molar-refractivity contribution in [2.24, 2.45) is 0 Å². The van der Waals surface area contributed by atoms with Crippen molar-refractivity contribution < 1.29 is 65.1 Å². The minimum absolute atomic E-state index is 0.335. The minimum Gasteiger partial charge on any atom is -0.872 e. The van der Waals surface area contributed by atoms with E-state index in [1.54, 1.807) is 0 Å². The maximum atomic E-state index is 13.4. The molecule has 2 aromatic rings. The van der Waals surface area contributed by atoms with Crippen molar-refractivity contribution in [2.75, 3.05) is 6.61 Å². The highest BCUT2D eigenvalue weighted by Crippen LogP contribution is 2.51. The van der Waals surface area contributed by atoms with Crippen LogP contribution in [0, 0.1) is 6.92 Å². The zero-order valence-electron chi connectivity index (χ0n) is 17.8. The van der Waals surface area contributed by atoms with Crippen molar-refractivity contribution in [3.8, 4) is 23.0 Å². The number of phenolic OH excluding ortho intramolecular Hbond substituents is 2. The number of carboxylic acid groups (broad SMARTS) is 1. The van der Waals surface area contributed by atoms with Gasteiger partial charge in [-0.1, -0.05) is 5.75 Å². The SMILES string of the molecule is Cc1c(C(=O)O)c(O)cc2c1C(=O)c1c([O-])c([C@@H]3O[C@H](CO)[C@@H](O)[C@H](O)[C@@H]3O)c(O)c(O)c1C2=O. The summed E-state index contributed by atoms with van der Waals surface area (Å²) in [5, 5.41) is 93.7. The molecule has 4 rings (SSSR count). The fourth-order valence-electron chi connectivity index (χ4n) is 4.56. The first-order chi connectivity index (χ1) is 16.3. The summed E-state index contributed by atoms with van der Waals surface area (Å²) in [6, 6.07) is 0.696. The van der Waals surface area contributed by atoms with Gasteiger partial charge in [-0.15, -0.1) is 0 Å². The molecular weight excluding hydrogens is 472 g/mol. The van der Waals surface area contributed by atoms with Crippen LogP contribution in [-0.2, 0) is 4.74 Å². The van der Waals surface area contributed by atoms with Crippen LogP contribution in [-0.4, -0.2) is 89.4 Å². The lowest BCUT2D eigenvalue weighted by Gasteiger charge is -2.42. The third kappa shape index (κ3) is 3.25. The number of aromatic carboxylic acids is 1. The van der Waals surface area contributed by atoms with Gasteiger partial charge in [-0.2, -0.15) is 0 Å². The monoisotopic (exact) mass is 491 g/mol. The summed E-state index contributed by atoms with van der Waals surface area (Å²) in [4.78, 5) is 38.0. The molecule has 13 nitrogen and oxygen atoms in total. The Kier molecular flexibility index (Phi) is 5.70. The number of aliphatic hydroxyl groups is 4. The second-order valence-electron chi connectivity index (χ2n) is 8.22. The molecule has 1 saturated heterocycles. The Morgan fingerprint density at radius 3 is 2.17 bits per heavy atom. The molecule has 0 amide bonds. The van der Waals surface area contributed by atoms with E-state index >= 15 is 0 Å². The van der Waals surface area contributed by atoms with E-state index in [1.165, 1.54) is 0 Å². The van der Waals surface area contributed by atoms with Crippen LogP contribution in [0.2, 0.25) is 0 Å². The molecule has 2 aliphatic rings. The summed E-state index contributed by atoms with van der Waals surface area (Å²) >= 11 is 0. The lowest BCUT2D eigenvalue weighted by atomic mass is 9.77. The van der Waals surface area contributed by atoms with Crippen molar-refractivity contribution in [1.29, 1.82) is 0 Å². The predicted octanol–water partition coefficient (Wildman–Crippen LogP) is -1.83. The first kappa shape index (κ1) is 24.4. The molecule has 8 N–H and O–H groups in total. The van der Waals surface area contributed by atoms with Crippen LogP contribution in [0.5, 0.6) is 23.0 Å². The van der Waals surface area contributed by atoms with Crippen molar-refractivity contribution in [2.45, 2.75) is 37.4 Å². The first-order valence-electron chi connectivity index (χ1n) is 10.1. The molecule has 0 radical (unpaired) electrons. The number of carboxylic acids is 1. The Balaban J connectivity index is 1.99. The number of rotatable bonds is 3.